The van der Waals surface area contributed by atoms with Gasteiger partial charge < -0.3 is 9.88 Å². The minimum Gasteiger partial charge on any atom is -0.352 e. The van der Waals surface area contributed by atoms with Gasteiger partial charge in [0.2, 0.25) is 15.9 Å². The number of thioether (sulfide) groups is 1. The minimum absolute atomic E-state index is 0.0844. The van der Waals surface area contributed by atoms with Crippen molar-refractivity contribution in [3.63, 3.8) is 0 Å². The second-order valence-corrected chi connectivity index (χ2v) is 10.2. The Morgan fingerprint density at radius 2 is 2.03 bits per heavy atom. The van der Waals surface area contributed by atoms with Gasteiger partial charge in [-0.2, -0.15) is 4.31 Å². The van der Waals surface area contributed by atoms with E-state index in [9.17, 15) is 13.2 Å². The molecule has 0 saturated heterocycles. The normalized spacial score (nSPS) is 13.0. The van der Waals surface area contributed by atoms with Crippen LogP contribution in [0.5, 0.6) is 0 Å². The Bertz CT molecular complexity index is 982. The third-order valence-electron chi connectivity index (χ3n) is 4.84. The van der Waals surface area contributed by atoms with Crippen LogP contribution in [0, 0.1) is 0 Å². The van der Waals surface area contributed by atoms with E-state index in [1.54, 1.807) is 18.2 Å². The van der Waals surface area contributed by atoms with Crippen LogP contribution in [0.1, 0.15) is 40.5 Å². The first-order chi connectivity index (χ1) is 14.3. The summed E-state index contributed by atoms with van der Waals surface area (Å²) in [5.41, 5.74) is 1.50. The van der Waals surface area contributed by atoms with Crippen LogP contribution >= 0.6 is 11.8 Å². The van der Waals surface area contributed by atoms with E-state index in [1.807, 2.05) is 26.8 Å². The number of amides is 1. The summed E-state index contributed by atoms with van der Waals surface area (Å²) in [6.07, 6.45) is 3.63. The topological polar surface area (TPSA) is 84.3 Å². The molecule has 1 aromatic carbocycles. The smallest absolute Gasteiger partial charge is 0.243 e. The molecular weight excluding hydrogens is 420 g/mol. The molecule has 0 unspecified atom stereocenters. The summed E-state index contributed by atoms with van der Waals surface area (Å²) in [4.78, 5) is 17.2. The predicted octanol–water partition coefficient (Wildman–Crippen LogP) is 3.65. The van der Waals surface area contributed by atoms with Crippen LogP contribution in [0.3, 0.4) is 0 Å². The van der Waals surface area contributed by atoms with E-state index < -0.39 is 10.0 Å². The first-order valence-electron chi connectivity index (χ1n) is 10.4. The highest BCUT2D eigenvalue weighted by molar-refractivity contribution is 8.00. The number of imidazole rings is 1. The van der Waals surface area contributed by atoms with Crippen LogP contribution in [0.2, 0.25) is 0 Å². The summed E-state index contributed by atoms with van der Waals surface area (Å²) in [6.45, 7) is 13.2. The molecule has 0 aliphatic heterocycles. The zero-order valence-electron chi connectivity index (χ0n) is 18.2. The number of unbranched alkanes of at least 4 members (excludes halogenated alkanes) is 1. The van der Waals surface area contributed by atoms with E-state index >= 15 is 0 Å². The van der Waals surface area contributed by atoms with E-state index in [-0.39, 0.29) is 16.1 Å². The SMILES string of the molecule is C=CCNC(=O)[C@H](C)Sc1nc2cc(S(=O)(=O)N(CC)CC)ccc2n1CCCC. The Kier molecular flexibility index (Phi) is 8.93. The number of sulfonamides is 1. The molecule has 0 aliphatic carbocycles. The van der Waals surface area contributed by atoms with Crippen molar-refractivity contribution >= 4 is 38.7 Å². The van der Waals surface area contributed by atoms with Crippen LogP contribution in [-0.4, -0.2) is 53.1 Å². The lowest BCUT2D eigenvalue weighted by Crippen LogP contribution is -2.31. The van der Waals surface area contributed by atoms with Gasteiger partial charge in [-0.3, -0.25) is 4.79 Å². The lowest BCUT2D eigenvalue weighted by molar-refractivity contribution is -0.120. The van der Waals surface area contributed by atoms with Gasteiger partial charge in [0.1, 0.15) is 0 Å². The number of carbonyl (C=O) groups is 1. The van der Waals surface area contributed by atoms with Gasteiger partial charge in [-0.1, -0.05) is 45.0 Å². The number of rotatable bonds is 12. The Labute approximate surface area is 184 Å². The van der Waals surface area contributed by atoms with E-state index in [1.165, 1.54) is 16.1 Å². The van der Waals surface area contributed by atoms with Crippen LogP contribution in [0.15, 0.2) is 40.9 Å². The number of aryl methyl sites for hydroxylation is 1. The molecule has 1 amide bonds. The Morgan fingerprint density at radius 1 is 1.33 bits per heavy atom. The molecule has 1 atom stereocenters. The zero-order valence-corrected chi connectivity index (χ0v) is 19.9. The summed E-state index contributed by atoms with van der Waals surface area (Å²) in [5, 5.41) is 3.19. The number of hydrogen-bond donors (Lipinski definition) is 1. The fraction of sp³-hybridized carbons (Fsp3) is 0.524. The maximum atomic E-state index is 12.9. The fourth-order valence-electron chi connectivity index (χ4n) is 3.11. The van der Waals surface area contributed by atoms with Crippen LogP contribution < -0.4 is 5.32 Å². The molecule has 0 radical (unpaired) electrons. The van der Waals surface area contributed by atoms with E-state index in [2.05, 4.69) is 23.4 Å². The standard InChI is InChI=1S/C21H32N4O3S2/c1-6-10-14-25-19-12-11-17(30(27,28)24(8-3)9-4)15-18(19)23-21(25)29-16(5)20(26)22-13-7-2/h7,11-12,15-16H,2,6,8-10,13-14H2,1,3-5H3,(H,22,26)/t16-/m0/s1. The van der Waals surface area contributed by atoms with Crippen molar-refractivity contribution in [2.45, 2.75) is 62.4 Å². The molecule has 0 fully saturated rings. The molecule has 166 valence electrons. The minimum atomic E-state index is -3.56. The van der Waals surface area contributed by atoms with Gasteiger partial charge in [-0.25, -0.2) is 13.4 Å². The van der Waals surface area contributed by atoms with Crippen molar-refractivity contribution in [3.8, 4) is 0 Å². The number of aromatic nitrogens is 2. The summed E-state index contributed by atoms with van der Waals surface area (Å²) in [5.74, 6) is -0.0844. The highest BCUT2D eigenvalue weighted by atomic mass is 32.2. The largest absolute Gasteiger partial charge is 0.352 e. The Hall–Kier alpha value is -1.84. The van der Waals surface area contributed by atoms with Gasteiger partial charge in [0.25, 0.3) is 0 Å². The monoisotopic (exact) mass is 452 g/mol. The number of benzene rings is 1. The van der Waals surface area contributed by atoms with Crippen molar-refractivity contribution in [2.24, 2.45) is 0 Å². The van der Waals surface area contributed by atoms with Gasteiger partial charge in [0.15, 0.2) is 5.16 Å². The molecule has 7 nitrogen and oxygen atoms in total. The van der Waals surface area contributed by atoms with Crippen LogP contribution in [-0.2, 0) is 21.4 Å². The number of fused-ring (bicyclic) bond motifs is 1. The number of nitrogens with zero attached hydrogens (tertiary/aromatic N) is 3. The average Bonchev–Trinajstić information content (AvgIpc) is 3.07. The van der Waals surface area contributed by atoms with Crippen molar-refractivity contribution in [1.82, 2.24) is 19.2 Å². The third kappa shape index (κ3) is 5.44. The fourth-order valence-corrected chi connectivity index (χ4v) is 5.56. The molecule has 2 rings (SSSR count). The number of carbonyl (C=O) groups excluding carboxylic acids is 1. The maximum Gasteiger partial charge on any atom is 0.243 e. The lowest BCUT2D eigenvalue weighted by Gasteiger charge is -2.18. The van der Waals surface area contributed by atoms with E-state index in [0.29, 0.717) is 25.2 Å². The Morgan fingerprint density at radius 3 is 2.63 bits per heavy atom. The molecule has 1 N–H and O–H groups in total. The molecule has 0 aliphatic rings. The van der Waals surface area contributed by atoms with Crippen molar-refractivity contribution in [2.75, 3.05) is 19.6 Å². The second kappa shape index (κ2) is 11.0. The van der Waals surface area contributed by atoms with Gasteiger partial charge in [-0.05, 0) is 31.5 Å². The molecular formula is C21H32N4O3S2. The second-order valence-electron chi connectivity index (χ2n) is 6.93. The molecule has 1 aromatic heterocycles. The molecule has 1 heterocycles. The van der Waals surface area contributed by atoms with Crippen molar-refractivity contribution in [3.05, 3.63) is 30.9 Å². The van der Waals surface area contributed by atoms with Gasteiger partial charge in [0.05, 0.1) is 21.2 Å². The first-order valence-corrected chi connectivity index (χ1v) is 12.7. The summed E-state index contributed by atoms with van der Waals surface area (Å²) >= 11 is 1.38. The summed E-state index contributed by atoms with van der Waals surface area (Å²) in [7, 11) is -3.56. The highest BCUT2D eigenvalue weighted by Crippen LogP contribution is 2.30. The third-order valence-corrected chi connectivity index (χ3v) is 7.97. The number of nitrogens with one attached hydrogen (secondary N) is 1. The first kappa shape index (κ1) is 24.4. The highest BCUT2D eigenvalue weighted by Gasteiger charge is 2.24. The van der Waals surface area contributed by atoms with Gasteiger partial charge in [0, 0.05) is 26.2 Å². The average molecular weight is 453 g/mol. The zero-order chi connectivity index (χ0) is 22.3. The molecule has 0 bridgehead atoms. The van der Waals surface area contributed by atoms with Crippen molar-refractivity contribution < 1.29 is 13.2 Å². The van der Waals surface area contributed by atoms with Crippen molar-refractivity contribution in [1.29, 1.82) is 0 Å². The molecule has 30 heavy (non-hydrogen) atoms. The number of hydrogen-bond acceptors (Lipinski definition) is 5. The van der Waals surface area contributed by atoms with Crippen LogP contribution in [0.4, 0.5) is 0 Å². The van der Waals surface area contributed by atoms with Gasteiger partial charge in [-0.15, -0.1) is 6.58 Å². The molecule has 9 heteroatoms. The van der Waals surface area contributed by atoms with E-state index in [0.717, 1.165) is 30.1 Å². The van der Waals surface area contributed by atoms with E-state index in [4.69, 9.17) is 4.98 Å². The lowest BCUT2D eigenvalue weighted by atomic mass is 10.3. The maximum absolute atomic E-state index is 12.9. The Balaban J connectivity index is 2.44. The summed E-state index contributed by atoms with van der Waals surface area (Å²) in [6, 6.07) is 5.10. The molecule has 0 spiro atoms. The van der Waals surface area contributed by atoms with Gasteiger partial charge >= 0.3 is 0 Å². The predicted molar refractivity (Wildman–Crippen MR) is 123 cm³/mol. The van der Waals surface area contributed by atoms with Crippen LogP contribution in [0.25, 0.3) is 11.0 Å². The quantitative estimate of drug-likeness (QED) is 0.392. The summed E-state index contributed by atoms with van der Waals surface area (Å²) < 4.78 is 29.3. The molecule has 2 aromatic rings. The molecule has 0 saturated carbocycles.